The molecule has 1 aliphatic heterocycles. The van der Waals surface area contributed by atoms with Gasteiger partial charge in [0.2, 0.25) is 0 Å². The van der Waals surface area contributed by atoms with Crippen molar-refractivity contribution in [2.45, 2.75) is 13.0 Å². The molecule has 0 saturated carbocycles. The van der Waals surface area contributed by atoms with E-state index < -0.39 is 0 Å². The van der Waals surface area contributed by atoms with Crippen LogP contribution in [0.3, 0.4) is 0 Å². The van der Waals surface area contributed by atoms with E-state index in [-0.39, 0.29) is 5.69 Å². The molecule has 1 saturated heterocycles. The molecule has 0 aliphatic carbocycles. The van der Waals surface area contributed by atoms with E-state index in [0.29, 0.717) is 5.92 Å². The van der Waals surface area contributed by atoms with Gasteiger partial charge in [-0.05, 0) is 6.42 Å². The number of aryl methyl sites for hydroxylation is 1. The summed E-state index contributed by atoms with van der Waals surface area (Å²) in [4.78, 5) is 11.4. The zero-order valence-electron chi connectivity index (χ0n) is 7.77. The van der Waals surface area contributed by atoms with E-state index in [1.54, 1.807) is 22.4 Å². The van der Waals surface area contributed by atoms with Crippen molar-refractivity contribution in [1.82, 2.24) is 9.13 Å². The van der Waals surface area contributed by atoms with Gasteiger partial charge < -0.3 is 9.30 Å². The first kappa shape index (κ1) is 8.56. The Kier molecular flexibility index (Phi) is 2.22. The highest BCUT2D eigenvalue weighted by molar-refractivity contribution is 4.81. The third kappa shape index (κ3) is 1.67. The molecule has 0 radical (unpaired) electrons. The molecule has 4 heteroatoms. The number of aromatic nitrogens is 2. The Morgan fingerprint density at radius 2 is 2.46 bits per heavy atom. The molecule has 1 unspecified atom stereocenters. The Bertz CT molecular complexity index is 334. The second kappa shape index (κ2) is 3.38. The summed E-state index contributed by atoms with van der Waals surface area (Å²) < 4.78 is 8.60. The Morgan fingerprint density at radius 1 is 1.62 bits per heavy atom. The van der Waals surface area contributed by atoms with Gasteiger partial charge >= 0.3 is 5.69 Å². The van der Waals surface area contributed by atoms with Crippen molar-refractivity contribution in [1.29, 1.82) is 0 Å². The van der Waals surface area contributed by atoms with Gasteiger partial charge in [0.15, 0.2) is 0 Å². The van der Waals surface area contributed by atoms with Crippen LogP contribution in [0.25, 0.3) is 0 Å². The Labute approximate surface area is 76.7 Å². The molecule has 0 aromatic carbocycles. The average molecular weight is 182 g/mol. The smallest absolute Gasteiger partial charge is 0.327 e. The molecule has 1 aliphatic rings. The van der Waals surface area contributed by atoms with Gasteiger partial charge in [0.1, 0.15) is 0 Å². The summed E-state index contributed by atoms with van der Waals surface area (Å²) in [5.41, 5.74) is 0.0619. The predicted molar refractivity (Wildman–Crippen MR) is 48.6 cm³/mol. The van der Waals surface area contributed by atoms with Gasteiger partial charge in [-0.3, -0.25) is 4.57 Å². The highest BCUT2D eigenvalue weighted by Crippen LogP contribution is 2.13. The third-order valence-electron chi connectivity index (χ3n) is 2.50. The molecule has 4 nitrogen and oxygen atoms in total. The van der Waals surface area contributed by atoms with Gasteiger partial charge in [0.05, 0.1) is 6.61 Å². The average Bonchev–Trinajstić information content (AvgIpc) is 2.71. The highest BCUT2D eigenvalue weighted by Gasteiger charge is 2.16. The fourth-order valence-electron chi connectivity index (χ4n) is 1.66. The molecule has 0 amide bonds. The van der Waals surface area contributed by atoms with Crippen LogP contribution in [0, 0.1) is 5.92 Å². The first-order valence-electron chi connectivity index (χ1n) is 4.57. The lowest BCUT2D eigenvalue weighted by Gasteiger charge is -2.06. The number of imidazole rings is 1. The molecular formula is C9H14N2O2. The number of hydrogen-bond acceptors (Lipinski definition) is 2. The molecule has 1 aromatic heterocycles. The SMILES string of the molecule is Cn1ccn(CC2CCOC2)c1=O. The minimum absolute atomic E-state index is 0.0619. The van der Waals surface area contributed by atoms with Gasteiger partial charge in [-0.15, -0.1) is 0 Å². The van der Waals surface area contributed by atoms with Crippen LogP contribution in [-0.4, -0.2) is 22.3 Å². The van der Waals surface area contributed by atoms with Gasteiger partial charge in [-0.25, -0.2) is 4.79 Å². The molecule has 1 aromatic rings. The van der Waals surface area contributed by atoms with Crippen LogP contribution in [0.15, 0.2) is 17.2 Å². The monoisotopic (exact) mass is 182 g/mol. The van der Waals surface area contributed by atoms with Crippen molar-refractivity contribution in [3.8, 4) is 0 Å². The van der Waals surface area contributed by atoms with Gasteiger partial charge in [0, 0.05) is 38.5 Å². The molecular weight excluding hydrogens is 168 g/mol. The zero-order chi connectivity index (χ0) is 9.26. The summed E-state index contributed by atoms with van der Waals surface area (Å²) in [7, 11) is 1.77. The van der Waals surface area contributed by atoms with Gasteiger partial charge in [0.25, 0.3) is 0 Å². The summed E-state index contributed by atoms with van der Waals surface area (Å²) in [5, 5.41) is 0. The number of ether oxygens (including phenoxy) is 1. The summed E-state index contributed by atoms with van der Waals surface area (Å²) in [6, 6.07) is 0. The van der Waals surface area contributed by atoms with Crippen molar-refractivity contribution in [2.75, 3.05) is 13.2 Å². The molecule has 13 heavy (non-hydrogen) atoms. The maximum Gasteiger partial charge on any atom is 0.327 e. The molecule has 2 heterocycles. The first-order valence-corrected chi connectivity index (χ1v) is 4.57. The Morgan fingerprint density at radius 3 is 3.00 bits per heavy atom. The second-order valence-corrected chi connectivity index (χ2v) is 3.57. The maximum absolute atomic E-state index is 11.4. The third-order valence-corrected chi connectivity index (χ3v) is 2.50. The lowest BCUT2D eigenvalue weighted by Crippen LogP contribution is -2.25. The minimum atomic E-state index is 0.0619. The molecule has 2 rings (SSSR count). The molecule has 72 valence electrons. The molecule has 1 atom stereocenters. The molecule has 0 spiro atoms. The van der Waals surface area contributed by atoms with Crippen LogP contribution in [0.1, 0.15) is 6.42 Å². The molecule has 1 fully saturated rings. The minimum Gasteiger partial charge on any atom is -0.381 e. The van der Waals surface area contributed by atoms with E-state index in [4.69, 9.17) is 4.74 Å². The van der Waals surface area contributed by atoms with E-state index in [1.807, 2.05) is 6.20 Å². The number of nitrogens with zero attached hydrogens (tertiary/aromatic N) is 2. The summed E-state index contributed by atoms with van der Waals surface area (Å²) in [5.74, 6) is 0.514. The van der Waals surface area contributed by atoms with E-state index in [2.05, 4.69) is 0 Å². The van der Waals surface area contributed by atoms with Crippen LogP contribution in [-0.2, 0) is 18.3 Å². The Balaban J connectivity index is 2.09. The standard InChI is InChI=1S/C9H14N2O2/c1-10-3-4-11(9(10)12)6-8-2-5-13-7-8/h3-4,8H,2,5-7H2,1H3. The van der Waals surface area contributed by atoms with Gasteiger partial charge in [-0.2, -0.15) is 0 Å². The van der Waals surface area contributed by atoms with Crippen LogP contribution in [0.2, 0.25) is 0 Å². The number of rotatable bonds is 2. The first-order chi connectivity index (χ1) is 6.27. The highest BCUT2D eigenvalue weighted by atomic mass is 16.5. The normalized spacial score (nSPS) is 22.4. The second-order valence-electron chi connectivity index (χ2n) is 3.57. The quantitative estimate of drug-likeness (QED) is 0.656. The lowest BCUT2D eigenvalue weighted by molar-refractivity contribution is 0.182. The fraction of sp³-hybridized carbons (Fsp3) is 0.667. The van der Waals surface area contributed by atoms with Crippen LogP contribution < -0.4 is 5.69 Å². The largest absolute Gasteiger partial charge is 0.381 e. The van der Waals surface area contributed by atoms with Crippen LogP contribution >= 0.6 is 0 Å². The molecule has 0 bridgehead atoms. The maximum atomic E-state index is 11.4. The summed E-state index contributed by atoms with van der Waals surface area (Å²) in [6.45, 7) is 2.42. The zero-order valence-corrected chi connectivity index (χ0v) is 7.77. The topological polar surface area (TPSA) is 36.2 Å². The number of hydrogen-bond donors (Lipinski definition) is 0. The van der Waals surface area contributed by atoms with Crippen LogP contribution in [0.4, 0.5) is 0 Å². The van der Waals surface area contributed by atoms with Crippen molar-refractivity contribution >= 4 is 0 Å². The van der Waals surface area contributed by atoms with Crippen molar-refractivity contribution in [2.24, 2.45) is 13.0 Å². The lowest BCUT2D eigenvalue weighted by atomic mass is 10.1. The van der Waals surface area contributed by atoms with E-state index in [1.165, 1.54) is 0 Å². The van der Waals surface area contributed by atoms with E-state index in [9.17, 15) is 4.79 Å². The summed E-state index contributed by atoms with van der Waals surface area (Å²) in [6.07, 6.45) is 4.69. The molecule has 0 N–H and O–H groups in total. The fourth-order valence-corrected chi connectivity index (χ4v) is 1.66. The van der Waals surface area contributed by atoms with E-state index >= 15 is 0 Å². The Hall–Kier alpha value is -1.03. The van der Waals surface area contributed by atoms with Crippen molar-refractivity contribution in [3.63, 3.8) is 0 Å². The van der Waals surface area contributed by atoms with Crippen molar-refractivity contribution < 1.29 is 4.74 Å². The van der Waals surface area contributed by atoms with Crippen LogP contribution in [0.5, 0.6) is 0 Å². The van der Waals surface area contributed by atoms with Gasteiger partial charge in [-0.1, -0.05) is 0 Å². The van der Waals surface area contributed by atoms with E-state index in [0.717, 1.165) is 26.2 Å². The van der Waals surface area contributed by atoms with Crippen molar-refractivity contribution in [3.05, 3.63) is 22.9 Å². The predicted octanol–water partition coefficient (Wildman–Crippen LogP) is 0.223. The summed E-state index contributed by atoms with van der Waals surface area (Å²) >= 11 is 0.